The first-order valence-corrected chi connectivity index (χ1v) is 8.47. The molecule has 1 heterocycles. The van der Waals surface area contributed by atoms with Crippen LogP contribution in [-0.2, 0) is 14.8 Å². The number of hydrogen-bond acceptors (Lipinski definition) is 4. The fourth-order valence-corrected chi connectivity index (χ4v) is 3.38. The Kier molecular flexibility index (Phi) is 4.29. The molecule has 0 aliphatic carbocycles. The topological polar surface area (TPSA) is 75.7 Å². The van der Waals surface area contributed by atoms with Crippen molar-refractivity contribution in [1.29, 1.82) is 0 Å². The Bertz CT molecular complexity index is 930. The van der Waals surface area contributed by atoms with Crippen molar-refractivity contribution in [2.45, 2.75) is 4.90 Å². The van der Waals surface area contributed by atoms with Crippen LogP contribution >= 0.6 is 0 Å². The molecule has 6 nitrogen and oxygen atoms in total. The number of anilines is 2. The van der Waals surface area contributed by atoms with Gasteiger partial charge in [-0.15, -0.1) is 0 Å². The Hall–Kier alpha value is -2.75. The first kappa shape index (κ1) is 17.1. The molecule has 10 heteroatoms. The van der Waals surface area contributed by atoms with Crippen molar-refractivity contribution in [3.8, 4) is 0 Å². The van der Waals surface area contributed by atoms with Crippen LogP contribution in [0.3, 0.4) is 0 Å². The van der Waals surface area contributed by atoms with Crippen molar-refractivity contribution >= 4 is 27.5 Å². The van der Waals surface area contributed by atoms with Crippen molar-refractivity contribution < 1.29 is 31.1 Å². The predicted molar refractivity (Wildman–Crippen MR) is 82.3 cm³/mol. The summed E-state index contributed by atoms with van der Waals surface area (Å²) in [7, 11) is -4.31. The number of nitrogens with one attached hydrogen (secondary N) is 1. The quantitative estimate of drug-likeness (QED) is 0.896. The number of rotatable bonds is 4. The highest BCUT2D eigenvalue weighted by Gasteiger charge is 2.27. The van der Waals surface area contributed by atoms with E-state index in [1.807, 2.05) is 0 Å². The van der Waals surface area contributed by atoms with E-state index in [0.717, 1.165) is 23.1 Å². The van der Waals surface area contributed by atoms with E-state index < -0.39 is 38.5 Å². The predicted octanol–water partition coefficient (Wildman–Crippen LogP) is 2.86. The van der Waals surface area contributed by atoms with Gasteiger partial charge in [-0.1, -0.05) is 0 Å². The maximum Gasteiger partial charge on any atom is 0.414 e. The second kappa shape index (κ2) is 6.28. The Balaban J connectivity index is 1.93. The molecule has 1 fully saturated rings. The molecule has 25 heavy (non-hydrogen) atoms. The van der Waals surface area contributed by atoms with Crippen molar-refractivity contribution in [3.63, 3.8) is 0 Å². The van der Waals surface area contributed by atoms with Gasteiger partial charge in [0.05, 0.1) is 22.8 Å². The van der Waals surface area contributed by atoms with Gasteiger partial charge in [0.2, 0.25) is 0 Å². The standard InChI is InChI=1S/C15H11F3N2O4S/c16-9-5-10(17)7-12(6-9)25(22,23)19-11-1-2-13(18)14(8-11)20-3-4-24-15(20)21/h1-2,5-8,19H,3-4H2. The number of ether oxygens (including phenoxy) is 1. The monoisotopic (exact) mass is 372 g/mol. The average molecular weight is 372 g/mol. The Labute approximate surface area is 140 Å². The summed E-state index contributed by atoms with van der Waals surface area (Å²) in [6.07, 6.45) is -0.758. The van der Waals surface area contributed by atoms with E-state index in [9.17, 15) is 26.4 Å². The fourth-order valence-electron chi connectivity index (χ4n) is 2.29. The molecular weight excluding hydrogens is 361 g/mol. The molecule has 0 atom stereocenters. The van der Waals surface area contributed by atoms with Crippen LogP contribution in [0.4, 0.5) is 29.3 Å². The van der Waals surface area contributed by atoms with Gasteiger partial charge in [-0.3, -0.25) is 9.62 Å². The van der Waals surface area contributed by atoms with Crippen molar-refractivity contribution in [3.05, 3.63) is 53.8 Å². The average Bonchev–Trinajstić information content (AvgIpc) is 2.94. The molecule has 3 rings (SSSR count). The number of carbonyl (C=O) groups is 1. The number of amides is 1. The maximum atomic E-state index is 13.9. The number of cyclic esters (lactones) is 1. The van der Waals surface area contributed by atoms with Crippen LogP contribution in [0.1, 0.15) is 0 Å². The summed E-state index contributed by atoms with van der Waals surface area (Å²) in [6.45, 7) is 0.192. The normalized spacial score (nSPS) is 14.5. The van der Waals surface area contributed by atoms with Crippen molar-refractivity contribution in [1.82, 2.24) is 0 Å². The third-order valence-electron chi connectivity index (χ3n) is 3.40. The lowest BCUT2D eigenvalue weighted by molar-refractivity contribution is 0.181. The van der Waals surface area contributed by atoms with Gasteiger partial charge in [-0.2, -0.15) is 0 Å². The molecule has 0 spiro atoms. The number of carbonyl (C=O) groups excluding carboxylic acids is 1. The van der Waals surface area contributed by atoms with Gasteiger partial charge < -0.3 is 4.74 Å². The summed E-state index contributed by atoms with van der Waals surface area (Å²) in [5.41, 5.74) is -0.256. The number of sulfonamides is 1. The molecule has 0 bridgehead atoms. The molecule has 0 unspecified atom stereocenters. The van der Waals surface area contributed by atoms with Gasteiger partial charge >= 0.3 is 6.09 Å². The molecule has 1 N–H and O–H groups in total. The lowest BCUT2D eigenvalue weighted by Crippen LogP contribution is -2.24. The van der Waals surface area contributed by atoms with E-state index in [1.165, 1.54) is 0 Å². The first-order valence-electron chi connectivity index (χ1n) is 6.99. The molecule has 1 aliphatic heterocycles. The molecule has 2 aromatic rings. The van der Waals surface area contributed by atoms with Crippen LogP contribution in [0.25, 0.3) is 0 Å². The highest BCUT2D eigenvalue weighted by Crippen LogP contribution is 2.27. The molecular formula is C15H11F3N2O4S. The maximum absolute atomic E-state index is 13.9. The zero-order chi connectivity index (χ0) is 18.2. The zero-order valence-electron chi connectivity index (χ0n) is 12.5. The van der Waals surface area contributed by atoms with E-state index in [2.05, 4.69) is 4.72 Å². The van der Waals surface area contributed by atoms with E-state index in [0.29, 0.717) is 18.2 Å². The van der Waals surface area contributed by atoms with E-state index >= 15 is 0 Å². The van der Waals surface area contributed by atoms with Gasteiger partial charge in [0.15, 0.2) is 0 Å². The van der Waals surface area contributed by atoms with Crippen molar-refractivity contribution in [2.24, 2.45) is 0 Å². The van der Waals surface area contributed by atoms with Crippen LogP contribution in [0.5, 0.6) is 0 Å². The Morgan fingerprint density at radius 1 is 1.04 bits per heavy atom. The Morgan fingerprint density at radius 3 is 2.32 bits per heavy atom. The summed E-state index contributed by atoms with van der Waals surface area (Å²) in [6, 6.07) is 5.00. The van der Waals surface area contributed by atoms with Gasteiger partial charge in [-0.25, -0.2) is 26.4 Å². The zero-order valence-corrected chi connectivity index (χ0v) is 13.3. The number of halogens is 3. The molecule has 0 radical (unpaired) electrons. The fraction of sp³-hybridized carbons (Fsp3) is 0.133. The number of nitrogens with zero attached hydrogens (tertiary/aromatic N) is 1. The third kappa shape index (κ3) is 3.53. The first-order chi connectivity index (χ1) is 11.8. The van der Waals surface area contributed by atoms with Crippen LogP contribution in [0, 0.1) is 17.5 Å². The molecule has 1 saturated heterocycles. The highest BCUT2D eigenvalue weighted by atomic mass is 32.2. The largest absolute Gasteiger partial charge is 0.447 e. The smallest absolute Gasteiger partial charge is 0.414 e. The van der Waals surface area contributed by atoms with Crippen LogP contribution < -0.4 is 9.62 Å². The molecule has 132 valence electrons. The third-order valence-corrected chi connectivity index (χ3v) is 4.76. The van der Waals surface area contributed by atoms with E-state index in [1.54, 1.807) is 0 Å². The minimum atomic E-state index is -4.31. The van der Waals surface area contributed by atoms with Gasteiger partial charge in [-0.05, 0) is 30.3 Å². The second-order valence-corrected chi connectivity index (χ2v) is 6.83. The van der Waals surface area contributed by atoms with Crippen LogP contribution in [0.15, 0.2) is 41.3 Å². The van der Waals surface area contributed by atoms with Gasteiger partial charge in [0.25, 0.3) is 10.0 Å². The van der Waals surface area contributed by atoms with Gasteiger partial charge in [0, 0.05) is 6.07 Å². The molecule has 1 amide bonds. The highest BCUT2D eigenvalue weighted by molar-refractivity contribution is 7.92. The number of hydrogen-bond donors (Lipinski definition) is 1. The lowest BCUT2D eigenvalue weighted by atomic mass is 10.2. The molecule has 0 aromatic heterocycles. The SMILES string of the molecule is O=C1OCCN1c1cc(NS(=O)(=O)c2cc(F)cc(F)c2)ccc1F. The minimum absolute atomic E-state index is 0.0802. The minimum Gasteiger partial charge on any atom is -0.447 e. The van der Waals surface area contributed by atoms with Crippen LogP contribution in [0.2, 0.25) is 0 Å². The van der Waals surface area contributed by atoms with Crippen LogP contribution in [-0.4, -0.2) is 27.7 Å². The van der Waals surface area contributed by atoms with Gasteiger partial charge in [0.1, 0.15) is 24.1 Å². The second-order valence-electron chi connectivity index (χ2n) is 5.14. The summed E-state index contributed by atoms with van der Waals surface area (Å²) >= 11 is 0. The Morgan fingerprint density at radius 2 is 1.72 bits per heavy atom. The number of benzene rings is 2. The summed E-state index contributed by atoms with van der Waals surface area (Å²) < 4.78 is 71.7. The van der Waals surface area contributed by atoms with E-state index in [4.69, 9.17) is 4.74 Å². The summed E-state index contributed by atoms with van der Waals surface area (Å²) in [5, 5.41) is 0. The molecule has 0 saturated carbocycles. The lowest BCUT2D eigenvalue weighted by Gasteiger charge is -2.16. The summed E-state index contributed by atoms with van der Waals surface area (Å²) in [4.78, 5) is 11.9. The summed E-state index contributed by atoms with van der Waals surface area (Å²) in [5.74, 6) is -2.86. The van der Waals surface area contributed by atoms with Crippen molar-refractivity contribution in [2.75, 3.05) is 22.8 Å². The molecule has 2 aromatic carbocycles. The van der Waals surface area contributed by atoms with E-state index in [-0.39, 0.29) is 24.5 Å². The molecule has 1 aliphatic rings.